The Morgan fingerprint density at radius 2 is 1.90 bits per heavy atom. The molecule has 1 rings (SSSR count). The second-order valence-electron chi connectivity index (χ2n) is 7.10. The lowest BCUT2D eigenvalue weighted by Crippen LogP contribution is -2.48. The van der Waals surface area contributed by atoms with E-state index in [0.29, 0.717) is 25.6 Å². The molecule has 0 aromatic rings. The normalized spacial score (nSPS) is 19.5. The Kier molecular flexibility index (Phi) is 7.63. The summed E-state index contributed by atoms with van der Waals surface area (Å²) in [6.07, 6.45) is 1.54. The number of ether oxygens (including phenoxy) is 1. The van der Waals surface area contributed by atoms with E-state index in [0.717, 1.165) is 32.6 Å². The lowest BCUT2D eigenvalue weighted by atomic mass is 9.95. The smallest absolute Gasteiger partial charge is 0.220 e. The van der Waals surface area contributed by atoms with Crippen LogP contribution in [-0.4, -0.2) is 75.2 Å². The van der Waals surface area contributed by atoms with Crippen molar-refractivity contribution in [2.75, 3.05) is 53.5 Å². The Hall–Kier alpha value is -0.650. The van der Waals surface area contributed by atoms with Crippen LogP contribution < -0.4 is 5.32 Å². The molecule has 1 heterocycles. The number of carbonyl (C=O) groups is 1. The molecule has 1 unspecified atom stereocenters. The number of rotatable bonds is 8. The molecule has 1 aliphatic rings. The van der Waals surface area contributed by atoms with Gasteiger partial charge in [0.25, 0.3) is 0 Å². The van der Waals surface area contributed by atoms with Crippen molar-refractivity contribution in [2.45, 2.75) is 39.7 Å². The van der Waals surface area contributed by atoms with Crippen LogP contribution in [0.25, 0.3) is 0 Å². The third kappa shape index (κ3) is 7.25. The molecule has 0 spiro atoms. The Balaban J connectivity index is 2.20. The zero-order chi connectivity index (χ0) is 15.9. The number of hydrogen-bond acceptors (Lipinski definition) is 4. The molecule has 1 saturated heterocycles. The standard InChI is InChI=1S/C16H33N3O2/c1-14(19-10-8-18(4)9-11-19)6-7-15(20)17-12-16(2,3)13-21-5/h14H,6-13H2,1-5H3,(H,17,20). The summed E-state index contributed by atoms with van der Waals surface area (Å²) in [7, 11) is 3.86. The van der Waals surface area contributed by atoms with Crippen molar-refractivity contribution in [1.82, 2.24) is 15.1 Å². The maximum atomic E-state index is 12.0. The maximum Gasteiger partial charge on any atom is 0.220 e. The molecule has 0 aromatic heterocycles. The van der Waals surface area contributed by atoms with Crippen molar-refractivity contribution >= 4 is 5.91 Å². The summed E-state index contributed by atoms with van der Waals surface area (Å²) < 4.78 is 5.16. The molecule has 5 heteroatoms. The first-order chi connectivity index (χ1) is 9.84. The zero-order valence-corrected chi connectivity index (χ0v) is 14.4. The molecule has 124 valence electrons. The first-order valence-corrected chi connectivity index (χ1v) is 8.02. The minimum absolute atomic E-state index is 0.00647. The highest BCUT2D eigenvalue weighted by atomic mass is 16.5. The van der Waals surface area contributed by atoms with E-state index in [1.54, 1.807) is 7.11 Å². The van der Waals surface area contributed by atoms with Crippen LogP contribution in [0.3, 0.4) is 0 Å². The molecule has 21 heavy (non-hydrogen) atoms. The SMILES string of the molecule is COCC(C)(C)CNC(=O)CCC(C)N1CCN(C)CC1. The third-order valence-corrected chi connectivity index (χ3v) is 4.25. The van der Waals surface area contributed by atoms with Crippen LogP contribution in [0.2, 0.25) is 0 Å². The van der Waals surface area contributed by atoms with E-state index in [9.17, 15) is 4.79 Å². The van der Waals surface area contributed by atoms with Gasteiger partial charge in [0.15, 0.2) is 0 Å². The number of carbonyl (C=O) groups excluding carboxylic acids is 1. The molecule has 1 amide bonds. The molecule has 1 fully saturated rings. The predicted molar refractivity (Wildman–Crippen MR) is 86.4 cm³/mol. The quantitative estimate of drug-likeness (QED) is 0.731. The highest BCUT2D eigenvalue weighted by Gasteiger charge is 2.21. The van der Waals surface area contributed by atoms with Gasteiger partial charge in [0.2, 0.25) is 5.91 Å². The molecule has 0 radical (unpaired) electrons. The van der Waals surface area contributed by atoms with Crippen molar-refractivity contribution < 1.29 is 9.53 Å². The van der Waals surface area contributed by atoms with Gasteiger partial charge in [-0.1, -0.05) is 13.8 Å². The lowest BCUT2D eigenvalue weighted by Gasteiger charge is -2.36. The largest absolute Gasteiger partial charge is 0.384 e. The monoisotopic (exact) mass is 299 g/mol. The molecular weight excluding hydrogens is 266 g/mol. The van der Waals surface area contributed by atoms with E-state index >= 15 is 0 Å². The number of nitrogens with zero attached hydrogens (tertiary/aromatic N) is 2. The van der Waals surface area contributed by atoms with Gasteiger partial charge in [-0.15, -0.1) is 0 Å². The topological polar surface area (TPSA) is 44.8 Å². The summed E-state index contributed by atoms with van der Waals surface area (Å²) in [5, 5.41) is 3.03. The number of methoxy groups -OCH3 is 1. The van der Waals surface area contributed by atoms with E-state index in [2.05, 4.69) is 42.9 Å². The molecule has 1 aliphatic heterocycles. The molecule has 1 atom stereocenters. The van der Waals surface area contributed by atoms with E-state index in [4.69, 9.17) is 4.74 Å². The molecule has 0 aliphatic carbocycles. The Labute approximate surface area is 130 Å². The summed E-state index contributed by atoms with van der Waals surface area (Å²) in [5.41, 5.74) is -0.00647. The fourth-order valence-corrected chi connectivity index (χ4v) is 2.65. The summed E-state index contributed by atoms with van der Waals surface area (Å²) in [6, 6.07) is 0.483. The van der Waals surface area contributed by atoms with Gasteiger partial charge < -0.3 is 15.0 Å². The van der Waals surface area contributed by atoms with Crippen molar-refractivity contribution in [3.63, 3.8) is 0 Å². The van der Waals surface area contributed by atoms with Crippen molar-refractivity contribution in [1.29, 1.82) is 0 Å². The number of amides is 1. The van der Waals surface area contributed by atoms with Gasteiger partial charge >= 0.3 is 0 Å². The van der Waals surface area contributed by atoms with Crippen LogP contribution >= 0.6 is 0 Å². The van der Waals surface area contributed by atoms with Gasteiger partial charge in [-0.05, 0) is 20.4 Å². The fourth-order valence-electron chi connectivity index (χ4n) is 2.65. The number of hydrogen-bond donors (Lipinski definition) is 1. The van der Waals surface area contributed by atoms with Gasteiger partial charge in [-0.2, -0.15) is 0 Å². The predicted octanol–water partition coefficient (Wildman–Crippen LogP) is 1.19. The Morgan fingerprint density at radius 3 is 2.48 bits per heavy atom. The molecule has 0 saturated carbocycles. The van der Waals surface area contributed by atoms with Crippen LogP contribution in [0.1, 0.15) is 33.6 Å². The average molecular weight is 299 g/mol. The summed E-state index contributed by atoms with van der Waals surface area (Å²) in [5.74, 6) is 0.153. The van der Waals surface area contributed by atoms with Gasteiger partial charge in [-0.3, -0.25) is 9.69 Å². The van der Waals surface area contributed by atoms with Crippen molar-refractivity contribution in [3.05, 3.63) is 0 Å². The van der Waals surface area contributed by atoms with Crippen molar-refractivity contribution in [3.8, 4) is 0 Å². The number of likely N-dealkylation sites (N-methyl/N-ethyl adjacent to an activating group) is 1. The van der Waals surface area contributed by atoms with E-state index < -0.39 is 0 Å². The molecular formula is C16H33N3O2. The van der Waals surface area contributed by atoms with E-state index in [1.807, 2.05) is 0 Å². The summed E-state index contributed by atoms with van der Waals surface area (Å²) in [4.78, 5) is 16.8. The second-order valence-corrected chi connectivity index (χ2v) is 7.10. The van der Waals surface area contributed by atoms with E-state index in [-0.39, 0.29) is 11.3 Å². The van der Waals surface area contributed by atoms with Crippen LogP contribution in [-0.2, 0) is 9.53 Å². The Morgan fingerprint density at radius 1 is 1.29 bits per heavy atom. The van der Waals surface area contributed by atoms with Crippen LogP contribution in [0.4, 0.5) is 0 Å². The Bertz CT molecular complexity index is 313. The van der Waals surface area contributed by atoms with Crippen molar-refractivity contribution in [2.24, 2.45) is 5.41 Å². The highest BCUT2D eigenvalue weighted by molar-refractivity contribution is 5.75. The second kappa shape index (κ2) is 8.71. The van der Waals surface area contributed by atoms with Gasteiger partial charge in [0.05, 0.1) is 6.61 Å². The van der Waals surface area contributed by atoms with Crippen LogP contribution in [0.5, 0.6) is 0 Å². The minimum atomic E-state index is -0.00647. The van der Waals surface area contributed by atoms with E-state index in [1.165, 1.54) is 0 Å². The van der Waals surface area contributed by atoms with Gasteiger partial charge in [0.1, 0.15) is 0 Å². The number of piperazine rings is 1. The van der Waals surface area contributed by atoms with Crippen LogP contribution in [0, 0.1) is 5.41 Å². The third-order valence-electron chi connectivity index (χ3n) is 4.25. The number of nitrogens with one attached hydrogen (secondary N) is 1. The summed E-state index contributed by atoms with van der Waals surface area (Å²) in [6.45, 7) is 12.2. The fraction of sp³-hybridized carbons (Fsp3) is 0.938. The molecule has 0 bridgehead atoms. The zero-order valence-electron chi connectivity index (χ0n) is 14.4. The van der Waals surface area contributed by atoms with Gasteiger partial charge in [-0.25, -0.2) is 0 Å². The lowest BCUT2D eigenvalue weighted by molar-refractivity contribution is -0.122. The molecule has 5 nitrogen and oxygen atoms in total. The first-order valence-electron chi connectivity index (χ1n) is 8.02. The molecule has 1 N–H and O–H groups in total. The first kappa shape index (κ1) is 18.4. The average Bonchev–Trinajstić information content (AvgIpc) is 2.43. The maximum absolute atomic E-state index is 12.0. The van der Waals surface area contributed by atoms with Crippen LogP contribution in [0.15, 0.2) is 0 Å². The molecule has 0 aromatic carbocycles. The minimum Gasteiger partial charge on any atom is -0.384 e. The van der Waals surface area contributed by atoms with Gasteiger partial charge in [0, 0.05) is 57.7 Å². The highest BCUT2D eigenvalue weighted by Crippen LogP contribution is 2.14. The summed E-state index contributed by atoms with van der Waals surface area (Å²) >= 11 is 0.